The molecule has 3 N–H and O–H groups in total. The van der Waals surface area contributed by atoms with Gasteiger partial charge in [0.15, 0.2) is 5.96 Å². The second-order valence-corrected chi connectivity index (χ2v) is 6.96. The minimum Gasteiger partial charge on any atom is -0.357 e. The topological polar surface area (TPSA) is 85.8 Å². The van der Waals surface area contributed by atoms with Crippen molar-refractivity contribution < 1.29 is 9.59 Å². The molecule has 0 spiro atoms. The van der Waals surface area contributed by atoms with Gasteiger partial charge in [0.1, 0.15) is 0 Å². The Balaban J connectivity index is 1.87. The Morgan fingerprint density at radius 1 is 1.14 bits per heavy atom. The maximum Gasteiger partial charge on any atom is 0.254 e. The second kappa shape index (κ2) is 12.0. The third kappa shape index (κ3) is 7.21. The van der Waals surface area contributed by atoms with Crippen molar-refractivity contribution in [2.45, 2.75) is 46.1 Å². The molecule has 2 amide bonds. The van der Waals surface area contributed by atoms with Crippen molar-refractivity contribution >= 4 is 17.8 Å². The first-order chi connectivity index (χ1) is 13.6. The average molecular weight is 388 g/mol. The molecular weight excluding hydrogens is 354 g/mol. The standard InChI is InChI=1S/C21H33N5O2/c1-3-5-6-7-12-24-21(22-4-2)25-15-17-8-10-18(11-9-17)20(28)26-14-13-23-19(27)16-26/h8-11H,3-7,12-16H2,1-2H3,(H,23,27)(H2,22,24,25). The minimum absolute atomic E-state index is 0.105. The van der Waals surface area contributed by atoms with E-state index in [1.807, 2.05) is 24.3 Å². The van der Waals surface area contributed by atoms with Gasteiger partial charge in [0.25, 0.3) is 5.91 Å². The summed E-state index contributed by atoms with van der Waals surface area (Å²) in [6.07, 6.45) is 4.88. The van der Waals surface area contributed by atoms with Crippen LogP contribution in [0.15, 0.2) is 29.3 Å². The molecule has 28 heavy (non-hydrogen) atoms. The molecule has 1 saturated heterocycles. The van der Waals surface area contributed by atoms with Crippen molar-refractivity contribution in [3.05, 3.63) is 35.4 Å². The zero-order chi connectivity index (χ0) is 20.2. The number of carbonyl (C=O) groups is 2. The van der Waals surface area contributed by atoms with Crippen molar-refractivity contribution in [1.29, 1.82) is 0 Å². The summed E-state index contributed by atoms with van der Waals surface area (Å²) < 4.78 is 0. The van der Waals surface area contributed by atoms with Gasteiger partial charge < -0.3 is 20.9 Å². The number of hydrogen-bond acceptors (Lipinski definition) is 3. The molecule has 2 rings (SSSR count). The van der Waals surface area contributed by atoms with E-state index in [-0.39, 0.29) is 18.4 Å². The number of benzene rings is 1. The number of nitrogens with one attached hydrogen (secondary N) is 3. The van der Waals surface area contributed by atoms with Crippen LogP contribution < -0.4 is 16.0 Å². The highest BCUT2D eigenvalue weighted by atomic mass is 16.2. The molecule has 1 aromatic carbocycles. The van der Waals surface area contributed by atoms with E-state index in [9.17, 15) is 9.59 Å². The van der Waals surface area contributed by atoms with E-state index < -0.39 is 0 Å². The number of hydrogen-bond donors (Lipinski definition) is 3. The van der Waals surface area contributed by atoms with E-state index in [0.29, 0.717) is 25.2 Å². The van der Waals surface area contributed by atoms with Crippen molar-refractivity contribution in [2.75, 3.05) is 32.7 Å². The Labute approximate surface area is 168 Å². The Bertz CT molecular complexity index is 657. The summed E-state index contributed by atoms with van der Waals surface area (Å²) in [5.74, 6) is 0.606. The molecule has 1 aliphatic heterocycles. The van der Waals surface area contributed by atoms with Crippen LogP contribution in [0.3, 0.4) is 0 Å². The highest BCUT2D eigenvalue weighted by molar-refractivity contribution is 5.97. The lowest BCUT2D eigenvalue weighted by atomic mass is 10.1. The van der Waals surface area contributed by atoms with Crippen molar-refractivity contribution in [3.63, 3.8) is 0 Å². The molecule has 0 aromatic heterocycles. The number of amides is 2. The largest absolute Gasteiger partial charge is 0.357 e. The molecule has 1 fully saturated rings. The summed E-state index contributed by atoms with van der Waals surface area (Å²) in [4.78, 5) is 30.2. The summed E-state index contributed by atoms with van der Waals surface area (Å²) in [7, 11) is 0. The van der Waals surface area contributed by atoms with E-state index >= 15 is 0 Å². The van der Waals surface area contributed by atoms with Crippen LogP contribution in [0, 0.1) is 0 Å². The van der Waals surface area contributed by atoms with Gasteiger partial charge in [-0.25, -0.2) is 4.99 Å². The molecule has 0 saturated carbocycles. The fourth-order valence-electron chi connectivity index (χ4n) is 3.02. The Kier molecular flexibility index (Phi) is 9.31. The van der Waals surface area contributed by atoms with Gasteiger partial charge in [-0.3, -0.25) is 9.59 Å². The lowest BCUT2D eigenvalue weighted by Gasteiger charge is -2.26. The number of guanidine groups is 1. The van der Waals surface area contributed by atoms with E-state index in [1.54, 1.807) is 4.90 Å². The molecule has 1 aliphatic rings. The zero-order valence-corrected chi connectivity index (χ0v) is 17.1. The first-order valence-corrected chi connectivity index (χ1v) is 10.3. The van der Waals surface area contributed by atoms with Gasteiger partial charge in [0.05, 0.1) is 13.1 Å². The lowest BCUT2D eigenvalue weighted by molar-refractivity contribution is -0.123. The van der Waals surface area contributed by atoms with Gasteiger partial charge in [0, 0.05) is 31.7 Å². The molecule has 1 heterocycles. The summed E-state index contributed by atoms with van der Waals surface area (Å²) in [5.41, 5.74) is 1.64. The smallest absolute Gasteiger partial charge is 0.254 e. The highest BCUT2D eigenvalue weighted by Crippen LogP contribution is 2.10. The van der Waals surface area contributed by atoms with Gasteiger partial charge in [-0.1, -0.05) is 38.3 Å². The third-order valence-corrected chi connectivity index (χ3v) is 4.61. The Morgan fingerprint density at radius 2 is 1.93 bits per heavy atom. The molecule has 0 unspecified atom stereocenters. The summed E-state index contributed by atoms with van der Waals surface area (Å²) in [6.45, 7) is 7.73. The van der Waals surface area contributed by atoms with Crippen LogP contribution >= 0.6 is 0 Å². The molecule has 0 atom stereocenters. The van der Waals surface area contributed by atoms with Crippen LogP contribution in [-0.2, 0) is 11.3 Å². The van der Waals surface area contributed by atoms with E-state index in [1.165, 1.54) is 19.3 Å². The number of carbonyl (C=O) groups excluding carboxylic acids is 2. The van der Waals surface area contributed by atoms with Crippen LogP contribution in [0.2, 0.25) is 0 Å². The fourth-order valence-corrected chi connectivity index (χ4v) is 3.02. The number of unbranched alkanes of at least 4 members (excludes halogenated alkanes) is 3. The van der Waals surface area contributed by atoms with Crippen LogP contribution in [-0.4, -0.2) is 55.4 Å². The molecule has 0 radical (unpaired) electrons. The first kappa shape index (κ1) is 21.7. The fraction of sp³-hybridized carbons (Fsp3) is 0.571. The molecule has 7 heteroatoms. The van der Waals surface area contributed by atoms with E-state index in [0.717, 1.165) is 31.0 Å². The predicted molar refractivity (Wildman–Crippen MR) is 112 cm³/mol. The molecule has 0 bridgehead atoms. The number of piperazine rings is 1. The van der Waals surface area contributed by atoms with Crippen LogP contribution in [0.4, 0.5) is 0 Å². The monoisotopic (exact) mass is 387 g/mol. The first-order valence-electron chi connectivity index (χ1n) is 10.3. The zero-order valence-electron chi connectivity index (χ0n) is 17.1. The SMILES string of the molecule is CCCCCCNC(=NCc1ccc(C(=O)N2CCNC(=O)C2)cc1)NCC. The van der Waals surface area contributed by atoms with Gasteiger partial charge >= 0.3 is 0 Å². The third-order valence-electron chi connectivity index (χ3n) is 4.61. The average Bonchev–Trinajstić information content (AvgIpc) is 2.71. The minimum atomic E-state index is -0.108. The molecule has 1 aromatic rings. The van der Waals surface area contributed by atoms with Crippen LogP contribution in [0.1, 0.15) is 55.5 Å². The van der Waals surface area contributed by atoms with Gasteiger partial charge in [-0.05, 0) is 31.0 Å². The maximum absolute atomic E-state index is 12.5. The van der Waals surface area contributed by atoms with Gasteiger partial charge in [-0.2, -0.15) is 0 Å². The van der Waals surface area contributed by atoms with Gasteiger partial charge in [0.2, 0.25) is 5.91 Å². The van der Waals surface area contributed by atoms with Crippen LogP contribution in [0.5, 0.6) is 0 Å². The van der Waals surface area contributed by atoms with Crippen molar-refractivity contribution in [1.82, 2.24) is 20.9 Å². The Hall–Kier alpha value is -2.57. The predicted octanol–water partition coefficient (Wildman–Crippen LogP) is 1.89. The number of aliphatic imine (C=N–C) groups is 1. The van der Waals surface area contributed by atoms with Crippen molar-refractivity contribution in [2.24, 2.45) is 4.99 Å². The normalized spacial score (nSPS) is 14.6. The quantitative estimate of drug-likeness (QED) is 0.343. The number of rotatable bonds is 9. The number of nitrogens with zero attached hydrogens (tertiary/aromatic N) is 2. The molecule has 0 aliphatic carbocycles. The second-order valence-electron chi connectivity index (χ2n) is 6.96. The summed E-state index contributed by atoms with van der Waals surface area (Å²) in [6, 6.07) is 7.47. The molecule has 154 valence electrons. The lowest BCUT2D eigenvalue weighted by Crippen LogP contribution is -2.49. The maximum atomic E-state index is 12.5. The summed E-state index contributed by atoms with van der Waals surface area (Å²) in [5, 5.41) is 9.36. The molecule has 7 nitrogen and oxygen atoms in total. The summed E-state index contributed by atoms with van der Waals surface area (Å²) >= 11 is 0. The molecular formula is C21H33N5O2. The van der Waals surface area contributed by atoms with Gasteiger partial charge in [-0.15, -0.1) is 0 Å². The van der Waals surface area contributed by atoms with E-state index in [2.05, 4.69) is 34.8 Å². The van der Waals surface area contributed by atoms with Crippen molar-refractivity contribution in [3.8, 4) is 0 Å². The highest BCUT2D eigenvalue weighted by Gasteiger charge is 2.21. The van der Waals surface area contributed by atoms with E-state index in [4.69, 9.17) is 0 Å². The van der Waals surface area contributed by atoms with Crippen LogP contribution in [0.25, 0.3) is 0 Å². The Morgan fingerprint density at radius 3 is 2.61 bits per heavy atom.